The number of aromatic nitrogens is 4. The fourth-order valence-electron chi connectivity index (χ4n) is 4.23. The first kappa shape index (κ1) is 21.6. The number of fused-ring (bicyclic) bond motifs is 1. The van der Waals surface area contributed by atoms with Crippen molar-refractivity contribution in [3.63, 3.8) is 0 Å². The normalized spacial score (nSPS) is 16.0. The molecule has 0 bridgehead atoms. The molecule has 1 N–H and O–H groups in total. The molecule has 1 amide bonds. The van der Waals surface area contributed by atoms with Crippen molar-refractivity contribution in [2.24, 2.45) is 0 Å². The van der Waals surface area contributed by atoms with Gasteiger partial charge in [0.05, 0.1) is 11.8 Å². The number of benzene rings is 1. The van der Waals surface area contributed by atoms with Crippen LogP contribution in [0, 0.1) is 6.92 Å². The number of thioether (sulfide) groups is 1. The SMILES string of the molecule is CCn1c(CN2CCCCCC2=O)nnc1SC(C)C(=O)c1c(C)[nH]c2ccccc12. The number of ketones is 1. The van der Waals surface area contributed by atoms with E-state index >= 15 is 0 Å². The predicted molar refractivity (Wildman–Crippen MR) is 122 cm³/mol. The summed E-state index contributed by atoms with van der Waals surface area (Å²) < 4.78 is 2.02. The Balaban J connectivity index is 1.53. The van der Waals surface area contributed by atoms with Crippen molar-refractivity contribution in [2.75, 3.05) is 6.54 Å². The fourth-order valence-corrected chi connectivity index (χ4v) is 5.22. The summed E-state index contributed by atoms with van der Waals surface area (Å²) >= 11 is 1.43. The van der Waals surface area contributed by atoms with E-state index < -0.39 is 0 Å². The van der Waals surface area contributed by atoms with Gasteiger partial charge in [-0.05, 0) is 39.7 Å². The zero-order chi connectivity index (χ0) is 22.0. The molecule has 0 aliphatic carbocycles. The zero-order valence-corrected chi connectivity index (χ0v) is 19.2. The first-order valence-corrected chi connectivity index (χ1v) is 11.9. The smallest absolute Gasteiger partial charge is 0.222 e. The summed E-state index contributed by atoms with van der Waals surface area (Å²) in [6.45, 7) is 7.84. The van der Waals surface area contributed by atoms with Gasteiger partial charge in [0.15, 0.2) is 16.8 Å². The Bertz CT molecular complexity index is 1100. The maximum absolute atomic E-state index is 13.3. The van der Waals surface area contributed by atoms with Crippen molar-refractivity contribution in [3.05, 3.63) is 41.3 Å². The summed E-state index contributed by atoms with van der Waals surface area (Å²) in [5.41, 5.74) is 2.60. The lowest BCUT2D eigenvalue weighted by atomic mass is 10.1. The molecule has 1 saturated heterocycles. The molecule has 3 heterocycles. The van der Waals surface area contributed by atoms with Crippen LogP contribution in [0.1, 0.15) is 61.4 Å². The van der Waals surface area contributed by atoms with Gasteiger partial charge in [-0.1, -0.05) is 36.4 Å². The number of hydrogen-bond acceptors (Lipinski definition) is 5. The van der Waals surface area contributed by atoms with E-state index in [1.54, 1.807) is 0 Å². The van der Waals surface area contributed by atoms with Gasteiger partial charge in [-0.3, -0.25) is 9.59 Å². The van der Waals surface area contributed by atoms with Gasteiger partial charge < -0.3 is 14.5 Å². The van der Waals surface area contributed by atoms with E-state index in [0.717, 1.165) is 58.9 Å². The summed E-state index contributed by atoms with van der Waals surface area (Å²) in [6, 6.07) is 7.88. The van der Waals surface area contributed by atoms with Crippen LogP contribution in [-0.4, -0.2) is 48.1 Å². The van der Waals surface area contributed by atoms with Crippen LogP contribution >= 0.6 is 11.8 Å². The molecule has 1 fully saturated rings. The van der Waals surface area contributed by atoms with E-state index in [2.05, 4.69) is 15.2 Å². The molecule has 0 radical (unpaired) electrons. The molecule has 7 nitrogen and oxygen atoms in total. The average molecular weight is 440 g/mol. The van der Waals surface area contributed by atoms with E-state index in [1.807, 2.05) is 54.5 Å². The average Bonchev–Trinajstić information content (AvgIpc) is 3.22. The predicted octanol–water partition coefficient (Wildman–Crippen LogP) is 4.35. The first-order valence-electron chi connectivity index (χ1n) is 11.0. The number of nitrogens with one attached hydrogen (secondary N) is 1. The number of rotatable bonds is 7. The van der Waals surface area contributed by atoms with Crippen molar-refractivity contribution >= 4 is 34.4 Å². The molecule has 1 unspecified atom stereocenters. The molecule has 0 saturated carbocycles. The topological polar surface area (TPSA) is 83.9 Å². The molecule has 31 heavy (non-hydrogen) atoms. The molecule has 1 atom stereocenters. The Morgan fingerprint density at radius 2 is 2.03 bits per heavy atom. The summed E-state index contributed by atoms with van der Waals surface area (Å²) in [5.74, 6) is 1.05. The Morgan fingerprint density at radius 1 is 1.23 bits per heavy atom. The summed E-state index contributed by atoms with van der Waals surface area (Å²) in [6.07, 6.45) is 3.70. The number of hydrogen-bond donors (Lipinski definition) is 1. The summed E-state index contributed by atoms with van der Waals surface area (Å²) in [7, 11) is 0. The Labute approximate surface area is 186 Å². The van der Waals surface area contributed by atoms with E-state index in [-0.39, 0.29) is 16.9 Å². The number of carbonyl (C=O) groups excluding carboxylic acids is 2. The van der Waals surface area contributed by atoms with Crippen molar-refractivity contribution in [2.45, 2.75) is 70.0 Å². The van der Waals surface area contributed by atoms with E-state index in [4.69, 9.17) is 0 Å². The van der Waals surface area contributed by atoms with Gasteiger partial charge in [-0.15, -0.1) is 10.2 Å². The van der Waals surface area contributed by atoms with E-state index in [9.17, 15) is 9.59 Å². The van der Waals surface area contributed by atoms with Crippen LogP contribution in [0.3, 0.4) is 0 Å². The molecule has 1 aromatic carbocycles. The lowest BCUT2D eigenvalue weighted by Crippen LogP contribution is -2.31. The number of likely N-dealkylation sites (tertiary alicyclic amines) is 1. The summed E-state index contributed by atoms with van der Waals surface area (Å²) in [4.78, 5) is 30.9. The van der Waals surface area contributed by atoms with Crippen LogP contribution in [0.4, 0.5) is 0 Å². The molecule has 4 rings (SSSR count). The van der Waals surface area contributed by atoms with Gasteiger partial charge in [0.25, 0.3) is 0 Å². The molecule has 2 aromatic heterocycles. The van der Waals surface area contributed by atoms with Crippen molar-refractivity contribution in [1.29, 1.82) is 0 Å². The van der Waals surface area contributed by atoms with Crippen LogP contribution < -0.4 is 0 Å². The number of para-hydroxylation sites is 1. The zero-order valence-electron chi connectivity index (χ0n) is 18.4. The van der Waals surface area contributed by atoms with Crippen molar-refractivity contribution < 1.29 is 9.59 Å². The molecule has 8 heteroatoms. The molecule has 0 spiro atoms. The Morgan fingerprint density at radius 3 is 2.84 bits per heavy atom. The van der Waals surface area contributed by atoms with Crippen LogP contribution in [0.25, 0.3) is 10.9 Å². The molecule has 1 aliphatic heterocycles. The van der Waals surface area contributed by atoms with E-state index in [0.29, 0.717) is 19.5 Å². The van der Waals surface area contributed by atoms with Crippen LogP contribution in [0.2, 0.25) is 0 Å². The highest BCUT2D eigenvalue weighted by Crippen LogP contribution is 2.30. The highest BCUT2D eigenvalue weighted by Gasteiger charge is 2.26. The number of aromatic amines is 1. The number of H-pyrrole nitrogens is 1. The standard InChI is InChI=1S/C23H29N5O2S/c1-4-28-19(14-27-13-9-5-6-12-20(27)29)25-26-23(28)31-16(3)22(30)21-15(2)24-18-11-8-7-10-17(18)21/h7-8,10-11,16,24H,4-6,9,12-14H2,1-3H3. The number of nitrogens with zero attached hydrogens (tertiary/aromatic N) is 4. The summed E-state index contributed by atoms with van der Waals surface area (Å²) in [5, 5.41) is 10.1. The number of aryl methyl sites for hydroxylation is 1. The fraction of sp³-hybridized carbons (Fsp3) is 0.478. The Hall–Kier alpha value is -2.61. The van der Waals surface area contributed by atoms with Gasteiger partial charge in [-0.25, -0.2) is 0 Å². The minimum Gasteiger partial charge on any atom is -0.358 e. The van der Waals surface area contributed by atoms with Crippen LogP contribution in [-0.2, 0) is 17.9 Å². The third-order valence-electron chi connectivity index (χ3n) is 5.90. The third kappa shape index (κ3) is 4.39. The van der Waals surface area contributed by atoms with Gasteiger partial charge in [0.2, 0.25) is 5.91 Å². The highest BCUT2D eigenvalue weighted by molar-refractivity contribution is 8.00. The van der Waals surface area contributed by atoms with Crippen molar-refractivity contribution in [1.82, 2.24) is 24.6 Å². The van der Waals surface area contributed by atoms with Gasteiger partial charge in [-0.2, -0.15) is 0 Å². The third-order valence-corrected chi connectivity index (χ3v) is 6.99. The highest BCUT2D eigenvalue weighted by atomic mass is 32.2. The van der Waals surface area contributed by atoms with Crippen LogP contribution in [0.5, 0.6) is 0 Å². The molecular formula is C23H29N5O2S. The number of Topliss-reactive ketones (excluding diaryl/α,β-unsaturated/α-hetero) is 1. The molecule has 3 aromatic rings. The molecule has 164 valence electrons. The monoisotopic (exact) mass is 439 g/mol. The van der Waals surface area contributed by atoms with E-state index in [1.165, 1.54) is 11.8 Å². The Kier molecular flexibility index (Phi) is 6.46. The van der Waals surface area contributed by atoms with Gasteiger partial charge in [0.1, 0.15) is 0 Å². The second-order valence-electron chi connectivity index (χ2n) is 8.06. The minimum atomic E-state index is -0.305. The lowest BCUT2D eigenvalue weighted by molar-refractivity contribution is -0.131. The van der Waals surface area contributed by atoms with Crippen molar-refractivity contribution in [3.8, 4) is 0 Å². The maximum atomic E-state index is 13.3. The number of amides is 1. The number of carbonyl (C=O) groups is 2. The second-order valence-corrected chi connectivity index (χ2v) is 9.37. The quantitative estimate of drug-likeness (QED) is 0.437. The largest absolute Gasteiger partial charge is 0.358 e. The van der Waals surface area contributed by atoms with Gasteiger partial charge in [0, 0.05) is 41.7 Å². The second kappa shape index (κ2) is 9.26. The van der Waals surface area contributed by atoms with Gasteiger partial charge >= 0.3 is 0 Å². The lowest BCUT2D eigenvalue weighted by Gasteiger charge is -2.20. The minimum absolute atomic E-state index is 0.0786. The molecular weight excluding hydrogens is 410 g/mol. The first-order chi connectivity index (χ1) is 15.0. The maximum Gasteiger partial charge on any atom is 0.222 e. The van der Waals surface area contributed by atoms with Crippen LogP contribution in [0.15, 0.2) is 29.4 Å². The molecule has 1 aliphatic rings.